The molecule has 2 fully saturated rings. The van der Waals surface area contributed by atoms with Gasteiger partial charge in [0.15, 0.2) is 5.78 Å². The van der Waals surface area contributed by atoms with Crippen LogP contribution in [0.1, 0.15) is 113 Å². The van der Waals surface area contributed by atoms with E-state index >= 15 is 0 Å². The number of hydrogen-bond donors (Lipinski definition) is 0. The van der Waals surface area contributed by atoms with Crippen LogP contribution in [0.2, 0.25) is 0 Å². The zero-order chi connectivity index (χ0) is 30.6. The van der Waals surface area contributed by atoms with Crippen LogP contribution >= 0.6 is 0 Å². The number of carbonyl (C=O) groups excluding carboxylic acids is 1. The normalized spacial score (nSPS) is 17.3. The second kappa shape index (κ2) is 13.8. The smallest absolute Gasteiger partial charge is 0.218 e. The number of Topliss-reactive ketones (excluding diaryl/α,β-unsaturated/α-hetero) is 1. The largest absolute Gasteiger partial charge is 0.496 e. The third-order valence-electron chi connectivity index (χ3n) is 10.00. The van der Waals surface area contributed by atoms with Gasteiger partial charge in [0.2, 0.25) is 6.36 Å². The van der Waals surface area contributed by atoms with Gasteiger partial charge in [-0.05, 0) is 90.3 Å². The molecule has 0 N–H and O–H groups in total. The SMILES string of the molecule is C=CC(F)OCc1cc(-c2cnc3cc(C(C)(C)CCCC4CCCC4)ccn23)cc(OC)c1C(=O)CCC(C)C1CC1. The molecular weight excluding hydrogens is 539 g/mol. The number of rotatable bonds is 16. The quantitative estimate of drug-likeness (QED) is 0.123. The lowest BCUT2D eigenvalue weighted by molar-refractivity contribution is -0.0142. The maximum Gasteiger partial charge on any atom is 0.218 e. The molecule has 0 amide bonds. The van der Waals surface area contributed by atoms with E-state index in [2.05, 4.69) is 50.1 Å². The molecule has 3 aromatic rings. The topological polar surface area (TPSA) is 52.8 Å². The summed E-state index contributed by atoms with van der Waals surface area (Å²) in [6, 6.07) is 8.20. The maximum atomic E-state index is 14.1. The van der Waals surface area contributed by atoms with Crippen LogP contribution in [-0.2, 0) is 16.8 Å². The zero-order valence-corrected chi connectivity index (χ0v) is 26.5. The van der Waals surface area contributed by atoms with Gasteiger partial charge in [0.05, 0.1) is 31.2 Å². The Kier molecular flexibility index (Phi) is 10.1. The van der Waals surface area contributed by atoms with Crippen LogP contribution in [0.15, 0.2) is 49.3 Å². The van der Waals surface area contributed by atoms with E-state index < -0.39 is 6.36 Å². The van der Waals surface area contributed by atoms with Gasteiger partial charge in [-0.15, -0.1) is 0 Å². The summed E-state index contributed by atoms with van der Waals surface area (Å²) in [5.74, 6) is 2.65. The second-order valence-corrected chi connectivity index (χ2v) is 13.6. The number of nitrogens with zero attached hydrogens (tertiary/aromatic N) is 2. The number of alkyl halides is 1. The molecule has 2 aromatic heterocycles. The number of methoxy groups -OCH3 is 1. The fourth-order valence-corrected chi connectivity index (χ4v) is 6.93. The minimum absolute atomic E-state index is 0.00135. The number of imidazole rings is 1. The van der Waals surface area contributed by atoms with Crippen molar-refractivity contribution in [2.45, 2.75) is 110 Å². The van der Waals surface area contributed by atoms with Gasteiger partial charge in [0.25, 0.3) is 0 Å². The monoisotopic (exact) mass is 588 g/mol. The highest BCUT2D eigenvalue weighted by Crippen LogP contribution is 2.40. The number of benzene rings is 1. The van der Waals surface area contributed by atoms with Crippen molar-refractivity contribution >= 4 is 11.4 Å². The summed E-state index contributed by atoms with van der Waals surface area (Å²) in [4.78, 5) is 18.3. The van der Waals surface area contributed by atoms with E-state index in [9.17, 15) is 9.18 Å². The van der Waals surface area contributed by atoms with Crippen molar-refractivity contribution in [3.8, 4) is 17.0 Å². The third kappa shape index (κ3) is 7.57. The molecule has 2 atom stereocenters. The molecule has 2 aliphatic rings. The number of fused-ring (bicyclic) bond motifs is 1. The Morgan fingerprint density at radius 3 is 2.67 bits per heavy atom. The third-order valence-corrected chi connectivity index (χ3v) is 10.00. The minimum Gasteiger partial charge on any atom is -0.496 e. The van der Waals surface area contributed by atoms with Crippen LogP contribution < -0.4 is 4.74 Å². The van der Waals surface area contributed by atoms with Crippen LogP contribution in [-0.4, -0.2) is 28.6 Å². The number of hydrogen-bond acceptors (Lipinski definition) is 4. The van der Waals surface area contributed by atoms with Gasteiger partial charge in [-0.25, -0.2) is 9.37 Å². The lowest BCUT2D eigenvalue weighted by Crippen LogP contribution is -2.17. The van der Waals surface area contributed by atoms with Crippen molar-refractivity contribution < 1.29 is 18.7 Å². The first-order valence-corrected chi connectivity index (χ1v) is 16.3. The fraction of sp³-hybridized carbons (Fsp3) is 0.568. The Bertz CT molecular complexity index is 1420. The average molecular weight is 589 g/mol. The molecule has 6 heteroatoms. The molecule has 0 aliphatic heterocycles. The van der Waals surface area contributed by atoms with E-state index in [0.717, 1.165) is 47.7 Å². The molecule has 0 saturated heterocycles. The highest BCUT2D eigenvalue weighted by Gasteiger charge is 2.29. The van der Waals surface area contributed by atoms with Gasteiger partial charge >= 0.3 is 0 Å². The van der Waals surface area contributed by atoms with Crippen molar-refractivity contribution in [3.05, 3.63) is 66.0 Å². The summed E-state index contributed by atoms with van der Waals surface area (Å²) in [5, 5.41) is 0. The maximum absolute atomic E-state index is 14.1. The Hall–Kier alpha value is -2.99. The highest BCUT2D eigenvalue weighted by atomic mass is 19.1. The van der Waals surface area contributed by atoms with Crippen molar-refractivity contribution in [2.75, 3.05) is 7.11 Å². The molecule has 0 bridgehead atoms. The van der Waals surface area contributed by atoms with Crippen LogP contribution in [0.5, 0.6) is 5.75 Å². The predicted molar refractivity (Wildman–Crippen MR) is 171 cm³/mol. The van der Waals surface area contributed by atoms with E-state index in [1.165, 1.54) is 56.9 Å². The van der Waals surface area contributed by atoms with Crippen molar-refractivity contribution in [1.82, 2.24) is 9.38 Å². The van der Waals surface area contributed by atoms with E-state index in [1.807, 2.05) is 18.3 Å². The number of ketones is 1. The molecular formula is C37H49FN2O3. The Morgan fingerprint density at radius 1 is 1.21 bits per heavy atom. The average Bonchev–Trinajstić information content (AvgIpc) is 3.57. The summed E-state index contributed by atoms with van der Waals surface area (Å²) in [6.45, 7) is 10.3. The number of pyridine rings is 1. The van der Waals surface area contributed by atoms with Crippen LogP contribution in [0.4, 0.5) is 4.39 Å². The van der Waals surface area contributed by atoms with E-state index in [4.69, 9.17) is 14.5 Å². The van der Waals surface area contributed by atoms with E-state index in [-0.39, 0.29) is 17.8 Å². The summed E-state index contributed by atoms with van der Waals surface area (Å²) >= 11 is 0. The summed E-state index contributed by atoms with van der Waals surface area (Å²) in [5.41, 5.74) is 5.02. The second-order valence-electron chi connectivity index (χ2n) is 13.6. The Labute approximate surface area is 256 Å². The standard InChI is InChI=1S/C37H49FN2O3/c1-6-34(38)43-24-29-20-28(21-33(42-5)36(29)32(41)16-13-25(2)27-14-15-27)31-23-39-35-22-30(17-19-40(31)35)37(3,4)18-9-12-26-10-7-8-11-26/h6,17,19-23,25-27,34H,1,7-16,18,24H2,2-5H3. The van der Waals surface area contributed by atoms with Crippen LogP contribution in [0.25, 0.3) is 16.9 Å². The molecule has 0 spiro atoms. The van der Waals surface area contributed by atoms with E-state index in [1.54, 1.807) is 7.11 Å². The molecule has 43 heavy (non-hydrogen) atoms. The highest BCUT2D eigenvalue weighted by molar-refractivity contribution is 6.01. The molecule has 1 aromatic carbocycles. The van der Waals surface area contributed by atoms with Crippen molar-refractivity contribution in [3.63, 3.8) is 0 Å². The lowest BCUT2D eigenvalue weighted by Gasteiger charge is -2.26. The molecule has 2 aliphatic carbocycles. The van der Waals surface area contributed by atoms with Crippen LogP contribution in [0, 0.1) is 17.8 Å². The molecule has 2 heterocycles. The molecule has 232 valence electrons. The number of aromatic nitrogens is 2. The Balaban J connectivity index is 1.40. The lowest BCUT2D eigenvalue weighted by atomic mass is 9.79. The zero-order valence-electron chi connectivity index (χ0n) is 26.5. The van der Waals surface area contributed by atoms with Gasteiger partial charge < -0.3 is 9.47 Å². The molecule has 5 rings (SSSR count). The number of halogens is 1. The van der Waals surface area contributed by atoms with E-state index in [0.29, 0.717) is 29.2 Å². The van der Waals surface area contributed by atoms with Gasteiger partial charge in [-0.2, -0.15) is 0 Å². The molecule has 5 nitrogen and oxygen atoms in total. The van der Waals surface area contributed by atoms with Crippen molar-refractivity contribution in [2.24, 2.45) is 17.8 Å². The first-order valence-electron chi connectivity index (χ1n) is 16.3. The van der Waals surface area contributed by atoms with Gasteiger partial charge in [-0.3, -0.25) is 9.20 Å². The summed E-state index contributed by atoms with van der Waals surface area (Å²) in [6.07, 6.45) is 16.5. The first-order chi connectivity index (χ1) is 20.7. The summed E-state index contributed by atoms with van der Waals surface area (Å²) < 4.78 is 27.3. The van der Waals surface area contributed by atoms with Crippen LogP contribution in [0.3, 0.4) is 0 Å². The molecule has 2 unspecified atom stereocenters. The molecule has 2 saturated carbocycles. The predicted octanol–water partition coefficient (Wildman–Crippen LogP) is 9.66. The Morgan fingerprint density at radius 2 is 1.98 bits per heavy atom. The van der Waals surface area contributed by atoms with Gasteiger partial charge in [0.1, 0.15) is 11.4 Å². The van der Waals surface area contributed by atoms with Gasteiger partial charge in [-0.1, -0.05) is 65.9 Å². The first kappa shape index (κ1) is 31.4. The summed E-state index contributed by atoms with van der Waals surface area (Å²) in [7, 11) is 1.57. The fourth-order valence-electron chi connectivity index (χ4n) is 6.93. The van der Waals surface area contributed by atoms with Crippen molar-refractivity contribution in [1.29, 1.82) is 0 Å². The minimum atomic E-state index is -1.62. The van der Waals surface area contributed by atoms with Gasteiger partial charge in [0, 0.05) is 18.2 Å². The number of carbonyl (C=O) groups is 1. The molecule has 0 radical (unpaired) electrons. The number of ether oxygens (including phenoxy) is 2.